The predicted molar refractivity (Wildman–Crippen MR) is 63.9 cm³/mol. The molecular weight excluding hydrogens is 168 g/mol. The molecule has 0 aliphatic heterocycles. The summed E-state index contributed by atoms with van der Waals surface area (Å²) in [5.41, 5.74) is 4.50. The maximum absolute atomic E-state index is 2.36. The Bertz CT molecular complexity index is 286. The second kappa shape index (κ2) is 5.19. The highest BCUT2D eigenvalue weighted by Gasteiger charge is 2.08. The van der Waals surface area contributed by atoms with Crippen LogP contribution in [0.25, 0.3) is 0 Å². The van der Waals surface area contributed by atoms with E-state index in [1.54, 1.807) is 11.1 Å². The van der Waals surface area contributed by atoms with Crippen LogP contribution in [0.4, 0.5) is 0 Å². The summed E-state index contributed by atoms with van der Waals surface area (Å²) in [6.45, 7) is 9.03. The molecule has 0 heterocycles. The molecule has 0 aromatic heterocycles. The number of hydrogen-bond donors (Lipinski definition) is 0. The van der Waals surface area contributed by atoms with E-state index in [1.165, 1.54) is 24.8 Å². The van der Waals surface area contributed by atoms with Crippen LogP contribution in [-0.2, 0) is 6.42 Å². The Balaban J connectivity index is 3.02. The minimum atomic E-state index is 0.705. The van der Waals surface area contributed by atoms with Crippen molar-refractivity contribution >= 4 is 0 Å². The average Bonchev–Trinajstić information content (AvgIpc) is 2.20. The summed E-state index contributed by atoms with van der Waals surface area (Å²) < 4.78 is 0. The zero-order valence-corrected chi connectivity index (χ0v) is 9.93. The summed E-state index contributed by atoms with van der Waals surface area (Å²) in [5, 5.41) is 0. The molecule has 0 bridgehead atoms. The van der Waals surface area contributed by atoms with Crippen LogP contribution in [0.15, 0.2) is 18.2 Å². The minimum Gasteiger partial charge on any atom is -0.0651 e. The maximum Gasteiger partial charge on any atom is -0.0190 e. The zero-order valence-electron chi connectivity index (χ0n) is 9.93. The van der Waals surface area contributed by atoms with Gasteiger partial charge in [-0.25, -0.2) is 0 Å². The van der Waals surface area contributed by atoms with Gasteiger partial charge in [0.05, 0.1) is 0 Å². The summed E-state index contributed by atoms with van der Waals surface area (Å²) in [6, 6.07) is 6.90. The molecule has 14 heavy (non-hydrogen) atoms. The van der Waals surface area contributed by atoms with Crippen LogP contribution >= 0.6 is 0 Å². The normalized spacial score (nSPS) is 12.9. The van der Waals surface area contributed by atoms with Crippen molar-refractivity contribution in [2.75, 3.05) is 0 Å². The standard InChI is InChI=1S/C14H22/c1-5-7-13-9-8-11(3)10-14(13)12(4)6-2/h8-10,12H,5-7H2,1-4H3. The molecule has 0 amide bonds. The van der Waals surface area contributed by atoms with Crippen LogP contribution in [0.1, 0.15) is 56.2 Å². The van der Waals surface area contributed by atoms with E-state index in [2.05, 4.69) is 45.9 Å². The van der Waals surface area contributed by atoms with E-state index in [1.807, 2.05) is 0 Å². The maximum atomic E-state index is 2.36. The van der Waals surface area contributed by atoms with Gasteiger partial charge in [-0.3, -0.25) is 0 Å². The van der Waals surface area contributed by atoms with Gasteiger partial charge in [0.15, 0.2) is 0 Å². The van der Waals surface area contributed by atoms with E-state index in [0.29, 0.717) is 5.92 Å². The average molecular weight is 190 g/mol. The molecule has 0 heteroatoms. The minimum absolute atomic E-state index is 0.705. The van der Waals surface area contributed by atoms with Gasteiger partial charge in [-0.15, -0.1) is 0 Å². The zero-order chi connectivity index (χ0) is 10.6. The van der Waals surface area contributed by atoms with Crippen LogP contribution in [-0.4, -0.2) is 0 Å². The lowest BCUT2D eigenvalue weighted by Gasteiger charge is -2.15. The van der Waals surface area contributed by atoms with E-state index in [0.717, 1.165) is 0 Å². The number of rotatable bonds is 4. The second-order valence-corrected chi connectivity index (χ2v) is 4.26. The molecule has 0 spiro atoms. The van der Waals surface area contributed by atoms with E-state index in [4.69, 9.17) is 0 Å². The smallest absolute Gasteiger partial charge is 0.0190 e. The highest BCUT2D eigenvalue weighted by molar-refractivity contribution is 5.34. The molecule has 0 saturated carbocycles. The van der Waals surface area contributed by atoms with E-state index in [9.17, 15) is 0 Å². The summed E-state index contributed by atoms with van der Waals surface area (Å²) in [5.74, 6) is 0.705. The Morgan fingerprint density at radius 2 is 1.93 bits per heavy atom. The Morgan fingerprint density at radius 3 is 2.50 bits per heavy atom. The van der Waals surface area contributed by atoms with E-state index in [-0.39, 0.29) is 0 Å². The molecule has 1 rings (SSSR count). The lowest BCUT2D eigenvalue weighted by Crippen LogP contribution is -1.99. The molecule has 0 nitrogen and oxygen atoms in total. The summed E-state index contributed by atoms with van der Waals surface area (Å²) in [7, 11) is 0. The topological polar surface area (TPSA) is 0 Å². The van der Waals surface area contributed by atoms with Crippen molar-refractivity contribution in [1.82, 2.24) is 0 Å². The van der Waals surface area contributed by atoms with Crippen LogP contribution in [0.5, 0.6) is 0 Å². The van der Waals surface area contributed by atoms with Crippen molar-refractivity contribution in [3.8, 4) is 0 Å². The molecule has 1 atom stereocenters. The van der Waals surface area contributed by atoms with Crippen molar-refractivity contribution < 1.29 is 0 Å². The first kappa shape index (κ1) is 11.3. The highest BCUT2D eigenvalue weighted by Crippen LogP contribution is 2.24. The van der Waals surface area contributed by atoms with Gasteiger partial charge in [0.25, 0.3) is 0 Å². The first-order chi connectivity index (χ1) is 6.69. The van der Waals surface area contributed by atoms with Gasteiger partial charge < -0.3 is 0 Å². The van der Waals surface area contributed by atoms with E-state index >= 15 is 0 Å². The van der Waals surface area contributed by atoms with Crippen molar-refractivity contribution in [1.29, 1.82) is 0 Å². The fourth-order valence-corrected chi connectivity index (χ4v) is 1.89. The summed E-state index contributed by atoms with van der Waals surface area (Å²) in [4.78, 5) is 0. The Hall–Kier alpha value is -0.780. The van der Waals surface area contributed by atoms with Crippen LogP contribution in [0.2, 0.25) is 0 Å². The molecule has 0 saturated heterocycles. The van der Waals surface area contributed by atoms with Crippen molar-refractivity contribution in [2.45, 2.75) is 52.9 Å². The van der Waals surface area contributed by atoms with E-state index < -0.39 is 0 Å². The summed E-state index contributed by atoms with van der Waals surface area (Å²) in [6.07, 6.45) is 3.70. The van der Waals surface area contributed by atoms with Gasteiger partial charge in [0, 0.05) is 0 Å². The molecule has 78 valence electrons. The molecular formula is C14H22. The summed E-state index contributed by atoms with van der Waals surface area (Å²) >= 11 is 0. The lowest BCUT2D eigenvalue weighted by molar-refractivity contribution is 0.717. The number of aryl methyl sites for hydroxylation is 2. The van der Waals surface area contributed by atoms with Gasteiger partial charge >= 0.3 is 0 Å². The van der Waals surface area contributed by atoms with Gasteiger partial charge in [-0.1, -0.05) is 51.0 Å². The van der Waals surface area contributed by atoms with Crippen molar-refractivity contribution in [3.05, 3.63) is 34.9 Å². The van der Waals surface area contributed by atoms with Crippen LogP contribution < -0.4 is 0 Å². The third-order valence-electron chi connectivity index (χ3n) is 2.96. The first-order valence-electron chi connectivity index (χ1n) is 5.78. The van der Waals surface area contributed by atoms with Gasteiger partial charge in [-0.2, -0.15) is 0 Å². The third-order valence-corrected chi connectivity index (χ3v) is 2.96. The second-order valence-electron chi connectivity index (χ2n) is 4.26. The molecule has 0 aliphatic carbocycles. The van der Waals surface area contributed by atoms with Crippen molar-refractivity contribution in [2.24, 2.45) is 0 Å². The molecule has 0 aliphatic rings. The number of hydrogen-bond acceptors (Lipinski definition) is 0. The first-order valence-corrected chi connectivity index (χ1v) is 5.78. The molecule has 0 N–H and O–H groups in total. The third kappa shape index (κ3) is 2.60. The fourth-order valence-electron chi connectivity index (χ4n) is 1.89. The largest absolute Gasteiger partial charge is 0.0651 e. The Kier molecular flexibility index (Phi) is 4.19. The lowest BCUT2D eigenvalue weighted by atomic mass is 9.90. The van der Waals surface area contributed by atoms with Gasteiger partial charge in [0.1, 0.15) is 0 Å². The molecule has 0 fully saturated rings. The molecule has 0 radical (unpaired) electrons. The van der Waals surface area contributed by atoms with Gasteiger partial charge in [-0.05, 0) is 36.8 Å². The fraction of sp³-hybridized carbons (Fsp3) is 0.571. The quantitative estimate of drug-likeness (QED) is 0.657. The molecule has 1 aromatic carbocycles. The highest BCUT2D eigenvalue weighted by atomic mass is 14.1. The van der Waals surface area contributed by atoms with Crippen molar-refractivity contribution in [3.63, 3.8) is 0 Å². The molecule has 1 aromatic rings. The predicted octanol–water partition coefficient (Wildman–Crippen LogP) is 4.46. The monoisotopic (exact) mass is 190 g/mol. The molecule has 1 unspecified atom stereocenters. The van der Waals surface area contributed by atoms with Crippen LogP contribution in [0.3, 0.4) is 0 Å². The Morgan fingerprint density at radius 1 is 1.21 bits per heavy atom. The van der Waals surface area contributed by atoms with Gasteiger partial charge in [0.2, 0.25) is 0 Å². The number of benzene rings is 1. The Labute approximate surface area is 88.4 Å². The van der Waals surface area contributed by atoms with Crippen LogP contribution in [0, 0.1) is 6.92 Å². The SMILES string of the molecule is CCCc1ccc(C)cc1C(C)CC.